The van der Waals surface area contributed by atoms with E-state index in [1.807, 2.05) is 30.3 Å². The molecule has 0 unspecified atom stereocenters. The number of benzene rings is 2. The summed E-state index contributed by atoms with van der Waals surface area (Å²) in [6.07, 6.45) is 0. The Bertz CT molecular complexity index is 1280. The Balaban J connectivity index is 1.55. The van der Waals surface area contributed by atoms with Gasteiger partial charge in [0.2, 0.25) is 0 Å². The summed E-state index contributed by atoms with van der Waals surface area (Å²) in [4.78, 5) is 39.8. The molecular formula is C22H15N3O5S. The highest BCUT2D eigenvalue weighted by atomic mass is 32.1. The highest BCUT2D eigenvalue weighted by Crippen LogP contribution is 2.32. The first-order valence-electron chi connectivity index (χ1n) is 9.15. The average molecular weight is 433 g/mol. The standard InChI is InChI=1S/C22H15N3O5S/c1-13(26)20-19(15-5-3-2-4-6-15)23-22(31-20)24-21(27)18-12-11-17(30-18)14-7-9-16(10-8-14)25(28)29/h2-12H,1H3,(H,23,24,27). The summed E-state index contributed by atoms with van der Waals surface area (Å²) in [6.45, 7) is 1.45. The van der Waals surface area contributed by atoms with E-state index in [1.165, 1.54) is 25.1 Å². The van der Waals surface area contributed by atoms with Crippen LogP contribution in [0.25, 0.3) is 22.6 Å². The number of nitro benzene ring substituents is 1. The van der Waals surface area contributed by atoms with Crippen molar-refractivity contribution in [1.82, 2.24) is 4.98 Å². The molecule has 2 aromatic heterocycles. The topological polar surface area (TPSA) is 115 Å². The Morgan fingerprint density at radius 2 is 1.71 bits per heavy atom. The fourth-order valence-electron chi connectivity index (χ4n) is 2.93. The predicted octanol–water partition coefficient (Wildman–Crippen LogP) is 5.43. The van der Waals surface area contributed by atoms with Crippen LogP contribution in [0.1, 0.15) is 27.2 Å². The lowest BCUT2D eigenvalue weighted by Gasteiger charge is -1.99. The van der Waals surface area contributed by atoms with E-state index in [0.29, 0.717) is 21.9 Å². The van der Waals surface area contributed by atoms with Crippen molar-refractivity contribution in [3.05, 3.63) is 87.5 Å². The van der Waals surface area contributed by atoms with Gasteiger partial charge in [0, 0.05) is 30.2 Å². The number of furan rings is 1. The maximum Gasteiger partial charge on any atom is 0.293 e. The maximum atomic E-state index is 12.6. The van der Waals surface area contributed by atoms with Crippen molar-refractivity contribution in [3.63, 3.8) is 0 Å². The molecule has 0 spiro atoms. The number of amides is 1. The van der Waals surface area contributed by atoms with Crippen LogP contribution >= 0.6 is 11.3 Å². The summed E-state index contributed by atoms with van der Waals surface area (Å²) in [5.41, 5.74) is 1.86. The van der Waals surface area contributed by atoms with Crippen molar-refractivity contribution in [3.8, 4) is 22.6 Å². The minimum atomic E-state index is -0.517. The smallest absolute Gasteiger partial charge is 0.293 e. The van der Waals surface area contributed by atoms with Crippen LogP contribution in [-0.2, 0) is 0 Å². The molecule has 0 aliphatic carbocycles. The Labute approximate surface area is 180 Å². The van der Waals surface area contributed by atoms with Gasteiger partial charge in [-0.05, 0) is 24.3 Å². The Hall–Kier alpha value is -4.11. The zero-order valence-corrected chi connectivity index (χ0v) is 17.0. The van der Waals surface area contributed by atoms with E-state index >= 15 is 0 Å². The van der Waals surface area contributed by atoms with Gasteiger partial charge in [-0.3, -0.25) is 25.0 Å². The molecule has 8 nitrogen and oxygen atoms in total. The SMILES string of the molecule is CC(=O)c1sc(NC(=O)c2ccc(-c3ccc([N+](=O)[O-])cc3)o2)nc1-c1ccccc1. The Kier molecular flexibility index (Phi) is 5.42. The van der Waals surface area contributed by atoms with Crippen LogP contribution in [-0.4, -0.2) is 21.6 Å². The number of anilines is 1. The van der Waals surface area contributed by atoms with Crippen LogP contribution in [0.2, 0.25) is 0 Å². The summed E-state index contributed by atoms with van der Waals surface area (Å²) >= 11 is 1.09. The molecule has 0 bridgehead atoms. The highest BCUT2D eigenvalue weighted by Gasteiger charge is 2.20. The van der Waals surface area contributed by atoms with Gasteiger partial charge in [0.25, 0.3) is 11.6 Å². The van der Waals surface area contributed by atoms with Gasteiger partial charge >= 0.3 is 0 Å². The second-order valence-corrected chi connectivity index (χ2v) is 7.54. The fraction of sp³-hybridized carbons (Fsp3) is 0.0455. The van der Waals surface area contributed by atoms with Gasteiger partial charge in [0.1, 0.15) is 5.76 Å². The van der Waals surface area contributed by atoms with Gasteiger partial charge in [-0.2, -0.15) is 0 Å². The molecule has 31 heavy (non-hydrogen) atoms. The minimum absolute atomic E-state index is 0.0347. The monoisotopic (exact) mass is 433 g/mol. The molecule has 4 rings (SSSR count). The van der Waals surface area contributed by atoms with E-state index in [4.69, 9.17) is 4.42 Å². The van der Waals surface area contributed by atoms with Crippen molar-refractivity contribution in [2.75, 3.05) is 5.32 Å². The van der Waals surface area contributed by atoms with E-state index in [9.17, 15) is 19.7 Å². The van der Waals surface area contributed by atoms with Crippen molar-refractivity contribution < 1.29 is 18.9 Å². The molecule has 0 aliphatic heterocycles. The first kappa shape index (κ1) is 20.2. The third-order valence-electron chi connectivity index (χ3n) is 4.41. The molecule has 0 fully saturated rings. The van der Waals surface area contributed by atoms with Gasteiger partial charge in [0.15, 0.2) is 16.7 Å². The fourth-order valence-corrected chi connectivity index (χ4v) is 3.80. The molecule has 0 saturated heterocycles. The number of nitrogens with zero attached hydrogens (tertiary/aromatic N) is 2. The van der Waals surface area contributed by atoms with Crippen LogP contribution in [0.4, 0.5) is 10.8 Å². The largest absolute Gasteiger partial charge is 0.451 e. The van der Waals surface area contributed by atoms with E-state index in [-0.39, 0.29) is 22.4 Å². The first-order valence-corrected chi connectivity index (χ1v) is 9.97. The van der Waals surface area contributed by atoms with Crippen molar-refractivity contribution in [2.24, 2.45) is 0 Å². The van der Waals surface area contributed by atoms with Crippen LogP contribution < -0.4 is 5.32 Å². The van der Waals surface area contributed by atoms with E-state index in [2.05, 4.69) is 10.3 Å². The molecular weight excluding hydrogens is 418 g/mol. The molecule has 1 N–H and O–H groups in total. The van der Waals surface area contributed by atoms with Gasteiger partial charge in [-0.1, -0.05) is 41.7 Å². The molecule has 2 aromatic carbocycles. The second-order valence-electron chi connectivity index (χ2n) is 6.54. The third-order valence-corrected chi connectivity index (χ3v) is 5.48. The lowest BCUT2D eigenvalue weighted by atomic mass is 10.1. The second kappa shape index (κ2) is 8.33. The molecule has 0 radical (unpaired) electrons. The minimum Gasteiger partial charge on any atom is -0.451 e. The number of ketones is 1. The number of carbonyl (C=O) groups excluding carboxylic acids is 2. The van der Waals surface area contributed by atoms with E-state index in [1.54, 1.807) is 18.2 Å². The molecule has 0 atom stereocenters. The Morgan fingerprint density at radius 3 is 2.35 bits per heavy atom. The molecule has 0 saturated carbocycles. The quantitative estimate of drug-likeness (QED) is 0.246. The number of hydrogen-bond acceptors (Lipinski definition) is 7. The summed E-state index contributed by atoms with van der Waals surface area (Å²) in [5, 5.41) is 13.7. The Morgan fingerprint density at radius 1 is 1.00 bits per heavy atom. The van der Waals surface area contributed by atoms with Crippen LogP contribution in [0, 0.1) is 10.1 Å². The van der Waals surface area contributed by atoms with Gasteiger partial charge < -0.3 is 4.42 Å². The van der Waals surface area contributed by atoms with Gasteiger partial charge in [-0.15, -0.1) is 0 Å². The molecule has 9 heteroatoms. The van der Waals surface area contributed by atoms with Crippen molar-refractivity contribution >= 4 is 33.8 Å². The normalized spacial score (nSPS) is 10.6. The lowest BCUT2D eigenvalue weighted by Crippen LogP contribution is -2.10. The number of nitrogens with one attached hydrogen (secondary N) is 1. The summed E-state index contributed by atoms with van der Waals surface area (Å²) in [6, 6.07) is 18.2. The molecule has 4 aromatic rings. The summed E-state index contributed by atoms with van der Waals surface area (Å²) in [5.74, 6) is -0.213. The van der Waals surface area contributed by atoms with E-state index < -0.39 is 10.8 Å². The first-order chi connectivity index (χ1) is 14.9. The molecule has 154 valence electrons. The van der Waals surface area contributed by atoms with Crippen LogP contribution in [0.5, 0.6) is 0 Å². The number of aromatic nitrogens is 1. The summed E-state index contributed by atoms with van der Waals surface area (Å²) < 4.78 is 5.60. The van der Waals surface area contributed by atoms with E-state index in [0.717, 1.165) is 16.9 Å². The number of nitro groups is 1. The zero-order valence-electron chi connectivity index (χ0n) is 16.2. The zero-order chi connectivity index (χ0) is 22.0. The molecule has 0 aliphatic rings. The number of rotatable bonds is 6. The number of hydrogen-bond donors (Lipinski definition) is 1. The molecule has 2 heterocycles. The average Bonchev–Trinajstić information content (AvgIpc) is 3.42. The van der Waals surface area contributed by atoms with Crippen LogP contribution in [0.15, 0.2) is 71.1 Å². The number of Topliss-reactive ketones (excluding diaryl/α,β-unsaturated/α-hetero) is 1. The maximum absolute atomic E-state index is 12.6. The number of carbonyl (C=O) groups is 2. The number of thiazole rings is 1. The van der Waals surface area contributed by atoms with Gasteiger partial charge in [-0.25, -0.2) is 4.98 Å². The van der Waals surface area contributed by atoms with Crippen LogP contribution in [0.3, 0.4) is 0 Å². The number of non-ortho nitro benzene ring substituents is 1. The third kappa shape index (κ3) is 4.26. The molecule has 1 amide bonds. The summed E-state index contributed by atoms with van der Waals surface area (Å²) in [7, 11) is 0. The lowest BCUT2D eigenvalue weighted by molar-refractivity contribution is -0.384. The van der Waals surface area contributed by atoms with Gasteiger partial charge in [0.05, 0.1) is 15.5 Å². The van der Waals surface area contributed by atoms with Crippen molar-refractivity contribution in [2.45, 2.75) is 6.92 Å². The predicted molar refractivity (Wildman–Crippen MR) is 116 cm³/mol. The highest BCUT2D eigenvalue weighted by molar-refractivity contribution is 7.18. The van der Waals surface area contributed by atoms with Crippen molar-refractivity contribution in [1.29, 1.82) is 0 Å².